The van der Waals surface area contributed by atoms with E-state index in [0.717, 1.165) is 23.8 Å². The van der Waals surface area contributed by atoms with Crippen molar-refractivity contribution in [2.24, 2.45) is 11.0 Å². The fraction of sp³-hybridized carbons (Fsp3) is 0.312. The Labute approximate surface area is 129 Å². The highest BCUT2D eigenvalue weighted by molar-refractivity contribution is 7.98. The van der Waals surface area contributed by atoms with Gasteiger partial charge >= 0.3 is 0 Å². The molecule has 3 rings (SSSR count). The van der Waals surface area contributed by atoms with Gasteiger partial charge in [0.1, 0.15) is 6.33 Å². The number of benzene rings is 1. The normalized spacial score (nSPS) is 18.4. The zero-order chi connectivity index (χ0) is 14.3. The van der Waals surface area contributed by atoms with E-state index in [1.165, 1.54) is 12.0 Å². The van der Waals surface area contributed by atoms with Crippen molar-refractivity contribution in [3.05, 3.63) is 54.4 Å². The van der Waals surface area contributed by atoms with Gasteiger partial charge in [-0.25, -0.2) is 0 Å². The van der Waals surface area contributed by atoms with E-state index < -0.39 is 0 Å². The second kappa shape index (κ2) is 7.22. The summed E-state index contributed by atoms with van der Waals surface area (Å²) in [6.07, 6.45) is 11.6. The van der Waals surface area contributed by atoms with Crippen molar-refractivity contribution in [3.63, 3.8) is 0 Å². The lowest BCUT2D eigenvalue weighted by molar-refractivity contribution is 0.618. The highest BCUT2D eigenvalue weighted by Crippen LogP contribution is 2.21. The Hall–Kier alpha value is -1.88. The van der Waals surface area contributed by atoms with E-state index in [2.05, 4.69) is 51.7 Å². The first kappa shape index (κ1) is 14.1. The molecule has 0 unspecified atom stereocenters. The average Bonchev–Trinajstić information content (AvgIpc) is 3.00. The van der Waals surface area contributed by atoms with Gasteiger partial charge in [-0.05, 0) is 30.7 Å². The minimum absolute atomic E-state index is 0.532. The Bertz CT molecular complexity index is 618. The van der Waals surface area contributed by atoms with Crippen LogP contribution in [0, 0.1) is 5.92 Å². The molecule has 21 heavy (non-hydrogen) atoms. The van der Waals surface area contributed by atoms with E-state index in [-0.39, 0.29) is 0 Å². The van der Waals surface area contributed by atoms with Crippen LogP contribution in [0.2, 0.25) is 0 Å². The van der Waals surface area contributed by atoms with Crippen LogP contribution in [0.15, 0.2) is 59.1 Å². The molecule has 5 heteroatoms. The van der Waals surface area contributed by atoms with Gasteiger partial charge in [0.2, 0.25) is 5.16 Å². The number of rotatable bonds is 5. The number of allylic oxidation sites excluding steroid dienone is 2. The lowest BCUT2D eigenvalue weighted by Crippen LogP contribution is -2.05. The van der Waals surface area contributed by atoms with Crippen molar-refractivity contribution in [3.8, 4) is 0 Å². The van der Waals surface area contributed by atoms with Gasteiger partial charge in [0.25, 0.3) is 0 Å². The second-order valence-corrected chi connectivity index (χ2v) is 5.98. The Morgan fingerprint density at radius 2 is 2.19 bits per heavy atom. The van der Waals surface area contributed by atoms with Gasteiger partial charge < -0.3 is 0 Å². The molecule has 1 atom stereocenters. The van der Waals surface area contributed by atoms with E-state index in [4.69, 9.17) is 0 Å². The van der Waals surface area contributed by atoms with Gasteiger partial charge in [0.05, 0.1) is 0 Å². The quantitative estimate of drug-likeness (QED) is 0.479. The molecule has 4 nitrogen and oxygen atoms in total. The number of thioether (sulfide) groups is 1. The van der Waals surface area contributed by atoms with Crippen LogP contribution in [-0.2, 0) is 5.75 Å². The van der Waals surface area contributed by atoms with E-state index in [1.807, 2.05) is 12.3 Å². The van der Waals surface area contributed by atoms with Crippen LogP contribution in [0.1, 0.15) is 24.8 Å². The third kappa shape index (κ3) is 4.04. The minimum atomic E-state index is 0.532. The van der Waals surface area contributed by atoms with Gasteiger partial charge in [0, 0.05) is 12.0 Å². The first-order valence-corrected chi connectivity index (χ1v) is 8.16. The zero-order valence-corrected chi connectivity index (χ0v) is 12.6. The number of hydrogen-bond donors (Lipinski definition) is 0. The lowest BCUT2D eigenvalue weighted by Gasteiger charge is -2.11. The van der Waals surface area contributed by atoms with Gasteiger partial charge in [0.15, 0.2) is 0 Å². The van der Waals surface area contributed by atoms with Crippen molar-refractivity contribution in [1.29, 1.82) is 0 Å². The summed E-state index contributed by atoms with van der Waals surface area (Å²) in [5.74, 6) is 1.41. The van der Waals surface area contributed by atoms with Gasteiger partial charge in [-0.3, -0.25) is 0 Å². The summed E-state index contributed by atoms with van der Waals surface area (Å²) in [6.45, 7) is 0. The zero-order valence-electron chi connectivity index (χ0n) is 11.8. The SMILES string of the molecule is C1=CC[C@@H](/C=N\n2cnnc2SCc2ccccc2)CC1. The molecule has 1 aliphatic rings. The van der Waals surface area contributed by atoms with E-state index in [9.17, 15) is 0 Å². The third-order valence-electron chi connectivity index (χ3n) is 3.42. The number of hydrogen-bond acceptors (Lipinski definition) is 4. The third-order valence-corrected chi connectivity index (χ3v) is 4.43. The van der Waals surface area contributed by atoms with Crippen molar-refractivity contribution in [2.45, 2.75) is 30.2 Å². The summed E-state index contributed by atoms with van der Waals surface area (Å²) in [7, 11) is 0. The molecular formula is C16H18N4S. The largest absolute Gasteiger partial charge is 0.212 e. The lowest BCUT2D eigenvalue weighted by atomic mass is 9.96. The monoisotopic (exact) mass is 298 g/mol. The second-order valence-electron chi connectivity index (χ2n) is 5.04. The molecule has 0 radical (unpaired) electrons. The van der Waals surface area contributed by atoms with Crippen LogP contribution in [-0.4, -0.2) is 21.1 Å². The van der Waals surface area contributed by atoms with Crippen molar-refractivity contribution in [2.75, 3.05) is 0 Å². The Balaban J connectivity index is 1.61. The predicted molar refractivity (Wildman–Crippen MR) is 86.4 cm³/mol. The highest BCUT2D eigenvalue weighted by atomic mass is 32.2. The standard InChI is InChI=1S/C16H18N4S/c1-3-7-14(8-4-1)11-18-20-13-17-19-16(20)21-12-15-9-5-2-6-10-15/h1-3,5-6,9-11,13-14H,4,7-8,12H2/b18-11-/t14-/m1/s1. The van der Waals surface area contributed by atoms with E-state index in [1.54, 1.807) is 22.8 Å². The van der Waals surface area contributed by atoms with Gasteiger partial charge in [-0.1, -0.05) is 54.2 Å². The summed E-state index contributed by atoms with van der Waals surface area (Å²) in [4.78, 5) is 0. The molecule has 1 aromatic heterocycles. The summed E-state index contributed by atoms with van der Waals surface area (Å²) in [5, 5.41) is 13.5. The van der Waals surface area contributed by atoms with Crippen LogP contribution in [0.5, 0.6) is 0 Å². The first-order valence-electron chi connectivity index (χ1n) is 7.18. The Morgan fingerprint density at radius 1 is 1.29 bits per heavy atom. The Kier molecular flexibility index (Phi) is 4.84. The van der Waals surface area contributed by atoms with E-state index >= 15 is 0 Å². The topological polar surface area (TPSA) is 43.1 Å². The first-order chi connectivity index (χ1) is 10.4. The van der Waals surface area contributed by atoms with Crippen molar-refractivity contribution >= 4 is 18.0 Å². The van der Waals surface area contributed by atoms with Crippen LogP contribution in [0.25, 0.3) is 0 Å². The molecule has 108 valence electrons. The van der Waals surface area contributed by atoms with Crippen molar-refractivity contribution in [1.82, 2.24) is 14.9 Å². The summed E-state index contributed by atoms with van der Waals surface area (Å²) < 4.78 is 1.77. The van der Waals surface area contributed by atoms with E-state index in [0.29, 0.717) is 5.92 Å². The predicted octanol–water partition coefficient (Wildman–Crippen LogP) is 3.76. The van der Waals surface area contributed by atoms with Gasteiger partial charge in [-0.2, -0.15) is 9.78 Å². The summed E-state index contributed by atoms with van der Waals surface area (Å²) in [5.41, 5.74) is 1.28. The van der Waals surface area contributed by atoms with Crippen molar-refractivity contribution < 1.29 is 0 Å². The Morgan fingerprint density at radius 3 is 3.00 bits per heavy atom. The molecule has 0 bridgehead atoms. The van der Waals surface area contributed by atoms with Crippen LogP contribution in [0.3, 0.4) is 0 Å². The molecule has 1 aromatic carbocycles. The maximum Gasteiger partial charge on any atom is 0.212 e. The number of nitrogens with zero attached hydrogens (tertiary/aromatic N) is 4. The molecule has 0 saturated carbocycles. The molecular weight excluding hydrogens is 280 g/mol. The molecule has 0 spiro atoms. The maximum absolute atomic E-state index is 4.51. The van der Waals surface area contributed by atoms with Gasteiger partial charge in [-0.15, -0.1) is 10.2 Å². The van der Waals surface area contributed by atoms with Crippen LogP contribution < -0.4 is 0 Å². The minimum Gasteiger partial charge on any atom is -0.195 e. The molecule has 0 aliphatic heterocycles. The molecule has 0 N–H and O–H groups in total. The average molecular weight is 298 g/mol. The summed E-state index contributed by atoms with van der Waals surface area (Å²) in [6, 6.07) is 10.4. The molecule has 1 aliphatic carbocycles. The maximum atomic E-state index is 4.51. The molecule has 0 amide bonds. The smallest absolute Gasteiger partial charge is 0.195 e. The molecule has 1 heterocycles. The summed E-state index contributed by atoms with van der Waals surface area (Å²) >= 11 is 1.66. The fourth-order valence-electron chi connectivity index (χ4n) is 2.23. The van der Waals surface area contributed by atoms with Crippen LogP contribution >= 0.6 is 11.8 Å². The number of aromatic nitrogens is 3. The fourth-order valence-corrected chi connectivity index (χ4v) is 3.05. The molecule has 0 saturated heterocycles. The highest BCUT2D eigenvalue weighted by Gasteiger charge is 2.08. The molecule has 2 aromatic rings. The molecule has 0 fully saturated rings. The van der Waals surface area contributed by atoms with Crippen LogP contribution in [0.4, 0.5) is 0 Å².